The monoisotopic (exact) mass is 696 g/mol. The maximum atomic E-state index is 14.1. The second-order valence-corrected chi connectivity index (χ2v) is 12.5. The van der Waals surface area contributed by atoms with Crippen molar-refractivity contribution in [3.63, 3.8) is 0 Å². The maximum absolute atomic E-state index is 14.1. The second-order valence-electron chi connectivity index (χ2n) is 9.45. The molecule has 1 heterocycles. The van der Waals surface area contributed by atoms with Gasteiger partial charge in [0.15, 0.2) is 9.84 Å². The van der Waals surface area contributed by atoms with E-state index in [0.29, 0.717) is 39.0 Å². The van der Waals surface area contributed by atoms with Crippen molar-refractivity contribution in [3.8, 4) is 0 Å². The van der Waals surface area contributed by atoms with E-state index in [0.717, 1.165) is 10.3 Å². The van der Waals surface area contributed by atoms with Gasteiger partial charge in [0.05, 0.1) is 41.7 Å². The van der Waals surface area contributed by atoms with Crippen molar-refractivity contribution < 1.29 is 22.3 Å². The van der Waals surface area contributed by atoms with Crippen LogP contribution < -0.4 is 16.0 Å². The first-order chi connectivity index (χ1) is 22.5. The molecule has 0 aliphatic heterocycles. The minimum Gasteiger partial charge on any atom is -0.379 e. The molecular formula is C29H29FN10O4S3. The average molecular weight is 697 g/mol. The number of ether oxygens (including phenoxy) is 1. The number of rotatable bonds is 15. The van der Waals surface area contributed by atoms with Gasteiger partial charge < -0.3 is 20.7 Å². The van der Waals surface area contributed by atoms with Gasteiger partial charge in [-0.1, -0.05) is 6.58 Å². The zero-order chi connectivity index (χ0) is 33.8. The SMILES string of the molecule is C=CS(=O)(=O)CCOCCNc1nc(F)nc(Nc2ccc(N=Nc3ccc(N=Nc4ccc(S)cc4)cc3S)c(NC(C)=O)c2)n1. The molecule has 0 aliphatic rings. The van der Waals surface area contributed by atoms with Crippen LogP contribution in [0.25, 0.3) is 0 Å². The van der Waals surface area contributed by atoms with E-state index in [1.165, 1.54) is 6.92 Å². The van der Waals surface area contributed by atoms with Crippen LogP contribution in [-0.2, 0) is 19.4 Å². The third kappa shape index (κ3) is 11.5. The Morgan fingerprint density at radius 2 is 1.60 bits per heavy atom. The van der Waals surface area contributed by atoms with Gasteiger partial charge in [-0.3, -0.25) is 4.79 Å². The van der Waals surface area contributed by atoms with Crippen LogP contribution in [0.2, 0.25) is 0 Å². The molecule has 0 spiro atoms. The van der Waals surface area contributed by atoms with Crippen molar-refractivity contribution in [1.82, 2.24) is 15.0 Å². The fraction of sp³-hybridized carbons (Fsp3) is 0.172. The van der Waals surface area contributed by atoms with Crippen molar-refractivity contribution in [2.75, 3.05) is 41.5 Å². The van der Waals surface area contributed by atoms with Crippen molar-refractivity contribution in [2.45, 2.75) is 16.7 Å². The Kier molecular flexibility index (Phi) is 12.5. The first-order valence-corrected chi connectivity index (χ1v) is 16.3. The van der Waals surface area contributed by atoms with Crippen LogP contribution in [0.1, 0.15) is 6.92 Å². The van der Waals surface area contributed by atoms with E-state index in [-0.39, 0.29) is 43.3 Å². The molecule has 244 valence electrons. The molecule has 3 aromatic carbocycles. The lowest BCUT2D eigenvalue weighted by molar-refractivity contribution is -0.114. The van der Waals surface area contributed by atoms with Crippen molar-refractivity contribution >= 4 is 87.0 Å². The standard InChI is InChI=1S/C29H29FN10O4S3/c1-3-47(42,43)15-14-44-13-12-31-28-34-27(30)35-29(36-28)33-20-6-10-23(25(16-20)32-18(2)41)39-40-24-11-7-21(17-26(24)46)38-37-19-4-8-22(45)9-5-19/h3-11,16-17,45-46H,1,12-15H2,2H3,(H,32,41)(H2,31,33,34,35,36). The Bertz CT molecular complexity index is 1910. The predicted octanol–water partition coefficient (Wildman–Crippen LogP) is 7.11. The van der Waals surface area contributed by atoms with Gasteiger partial charge in [-0.2, -0.15) is 29.6 Å². The number of carbonyl (C=O) groups excluding carboxylic acids is 1. The van der Waals surface area contributed by atoms with Crippen LogP contribution >= 0.6 is 25.3 Å². The topological polar surface area (TPSA) is 185 Å². The molecule has 1 amide bonds. The molecule has 0 unspecified atom stereocenters. The van der Waals surface area contributed by atoms with E-state index in [4.69, 9.17) is 4.74 Å². The molecule has 0 radical (unpaired) electrons. The number of benzene rings is 3. The van der Waals surface area contributed by atoms with E-state index in [1.807, 2.05) is 12.1 Å². The molecule has 0 aliphatic carbocycles. The molecule has 1 aromatic heterocycles. The predicted molar refractivity (Wildman–Crippen MR) is 183 cm³/mol. The zero-order valence-electron chi connectivity index (χ0n) is 24.8. The minimum atomic E-state index is -3.36. The van der Waals surface area contributed by atoms with E-state index in [9.17, 15) is 17.6 Å². The lowest BCUT2D eigenvalue weighted by Gasteiger charge is -2.11. The number of azo groups is 2. The smallest absolute Gasteiger partial charge is 0.315 e. The molecule has 0 fully saturated rings. The molecule has 0 saturated carbocycles. The van der Waals surface area contributed by atoms with Gasteiger partial charge in [0.2, 0.25) is 17.8 Å². The molecule has 0 saturated heterocycles. The molecule has 14 nitrogen and oxygen atoms in total. The first-order valence-electron chi connectivity index (χ1n) is 13.7. The van der Waals surface area contributed by atoms with Crippen LogP contribution in [0, 0.1) is 6.08 Å². The number of nitrogens with one attached hydrogen (secondary N) is 3. The fourth-order valence-electron chi connectivity index (χ4n) is 3.60. The maximum Gasteiger partial charge on any atom is 0.315 e. The largest absolute Gasteiger partial charge is 0.379 e. The lowest BCUT2D eigenvalue weighted by Crippen LogP contribution is -2.16. The van der Waals surface area contributed by atoms with Crippen molar-refractivity contribution in [2.24, 2.45) is 20.5 Å². The molecule has 4 aromatic rings. The summed E-state index contributed by atoms with van der Waals surface area (Å²) in [6.45, 7) is 4.85. The van der Waals surface area contributed by atoms with Gasteiger partial charge in [-0.15, -0.1) is 35.5 Å². The number of sulfone groups is 1. The summed E-state index contributed by atoms with van der Waals surface area (Å²) >= 11 is 8.75. The number of amides is 1. The molecule has 4 rings (SSSR count). The highest BCUT2D eigenvalue weighted by Gasteiger charge is 2.11. The van der Waals surface area contributed by atoms with Crippen molar-refractivity contribution in [1.29, 1.82) is 0 Å². The fourth-order valence-corrected chi connectivity index (χ4v) is 4.52. The average Bonchev–Trinajstić information content (AvgIpc) is 3.02. The summed E-state index contributed by atoms with van der Waals surface area (Å²) in [6.07, 6.45) is -1.04. The minimum absolute atomic E-state index is 0.0252. The van der Waals surface area contributed by atoms with E-state index in [1.54, 1.807) is 48.5 Å². The summed E-state index contributed by atoms with van der Waals surface area (Å²) in [5.74, 6) is -0.737. The number of nitrogens with zero attached hydrogens (tertiary/aromatic N) is 7. The Hall–Kier alpha value is -4.78. The van der Waals surface area contributed by atoms with Crippen LogP contribution in [-0.4, -0.2) is 54.8 Å². The number of carbonyl (C=O) groups is 1. The third-order valence-electron chi connectivity index (χ3n) is 5.82. The Morgan fingerprint density at radius 1 is 0.915 bits per heavy atom. The van der Waals surface area contributed by atoms with Gasteiger partial charge in [-0.25, -0.2) is 8.42 Å². The number of anilines is 4. The van der Waals surface area contributed by atoms with Gasteiger partial charge in [-0.05, 0) is 60.7 Å². The van der Waals surface area contributed by atoms with Gasteiger partial charge in [0.1, 0.15) is 5.69 Å². The number of thiol groups is 2. The Balaban J connectivity index is 1.42. The van der Waals surface area contributed by atoms with E-state index >= 15 is 0 Å². The van der Waals surface area contributed by atoms with Gasteiger partial charge >= 0.3 is 6.08 Å². The normalized spacial score (nSPS) is 11.6. The van der Waals surface area contributed by atoms with Crippen LogP contribution in [0.4, 0.5) is 50.4 Å². The molecule has 0 atom stereocenters. The second kappa shape index (κ2) is 16.7. The molecule has 47 heavy (non-hydrogen) atoms. The summed E-state index contributed by atoms with van der Waals surface area (Å²) in [4.78, 5) is 24.6. The van der Waals surface area contributed by atoms with E-state index < -0.39 is 15.9 Å². The number of hydrogen-bond acceptors (Lipinski definition) is 15. The summed E-state index contributed by atoms with van der Waals surface area (Å²) in [5.41, 5.74) is 2.75. The lowest BCUT2D eigenvalue weighted by atomic mass is 10.2. The van der Waals surface area contributed by atoms with Crippen LogP contribution in [0.5, 0.6) is 0 Å². The summed E-state index contributed by atoms with van der Waals surface area (Å²) < 4.78 is 42.2. The summed E-state index contributed by atoms with van der Waals surface area (Å²) in [6, 6.07) is 17.1. The Labute approximate surface area is 280 Å². The number of hydrogen-bond donors (Lipinski definition) is 5. The number of aromatic nitrogens is 3. The highest BCUT2D eigenvalue weighted by Crippen LogP contribution is 2.34. The van der Waals surface area contributed by atoms with Gasteiger partial charge in [0.25, 0.3) is 0 Å². The van der Waals surface area contributed by atoms with E-state index in [2.05, 4.69) is 83.2 Å². The first kappa shape index (κ1) is 35.1. The summed E-state index contributed by atoms with van der Waals surface area (Å²) in [5, 5.41) is 26.2. The quantitative estimate of drug-likeness (QED) is 0.0491. The number of halogens is 1. The van der Waals surface area contributed by atoms with Crippen molar-refractivity contribution in [3.05, 3.63) is 78.7 Å². The highest BCUT2D eigenvalue weighted by molar-refractivity contribution is 7.94. The highest BCUT2D eigenvalue weighted by atomic mass is 32.2. The van der Waals surface area contributed by atoms with Crippen LogP contribution in [0.15, 0.2) is 103 Å². The van der Waals surface area contributed by atoms with Gasteiger partial charge in [0, 0.05) is 34.4 Å². The third-order valence-corrected chi connectivity index (χ3v) is 7.72. The molecule has 18 heteroatoms. The molecular weight excluding hydrogens is 668 g/mol. The zero-order valence-corrected chi connectivity index (χ0v) is 27.4. The van der Waals surface area contributed by atoms with Crippen LogP contribution in [0.3, 0.4) is 0 Å². The Morgan fingerprint density at radius 3 is 2.32 bits per heavy atom. The molecule has 0 bridgehead atoms. The summed E-state index contributed by atoms with van der Waals surface area (Å²) in [7, 11) is -3.36. The molecule has 3 N–H and O–H groups in total.